The molecule has 0 spiro atoms. The Hall–Kier alpha value is -2.12. The SMILES string of the molecule is CCOc1ccc(C(=O)N[C@H](C(=O)NC[C@@H]2CN(CC(C)C)CCO2)C(C)C)cc1. The number of benzene rings is 1. The number of nitrogens with zero attached hydrogens (tertiary/aromatic N) is 1. The zero-order chi connectivity index (χ0) is 22.1. The van der Waals surface area contributed by atoms with Crippen LogP contribution in [0.5, 0.6) is 5.75 Å². The van der Waals surface area contributed by atoms with E-state index in [-0.39, 0.29) is 23.8 Å². The van der Waals surface area contributed by atoms with Crippen molar-refractivity contribution in [2.75, 3.05) is 39.4 Å². The zero-order valence-electron chi connectivity index (χ0n) is 18.9. The van der Waals surface area contributed by atoms with Crippen LogP contribution < -0.4 is 15.4 Å². The van der Waals surface area contributed by atoms with Gasteiger partial charge in [-0.1, -0.05) is 27.7 Å². The van der Waals surface area contributed by atoms with Crippen molar-refractivity contribution < 1.29 is 19.1 Å². The summed E-state index contributed by atoms with van der Waals surface area (Å²) >= 11 is 0. The predicted molar refractivity (Wildman–Crippen MR) is 118 cm³/mol. The van der Waals surface area contributed by atoms with Gasteiger partial charge in [-0.3, -0.25) is 14.5 Å². The number of nitrogens with one attached hydrogen (secondary N) is 2. The fraction of sp³-hybridized carbons (Fsp3) is 0.652. The fourth-order valence-electron chi connectivity index (χ4n) is 3.54. The van der Waals surface area contributed by atoms with Crippen molar-refractivity contribution >= 4 is 11.8 Å². The van der Waals surface area contributed by atoms with Gasteiger partial charge in [-0.2, -0.15) is 0 Å². The lowest BCUT2D eigenvalue weighted by Gasteiger charge is -2.34. The van der Waals surface area contributed by atoms with Gasteiger partial charge in [0.1, 0.15) is 11.8 Å². The molecule has 1 saturated heterocycles. The number of amides is 2. The Morgan fingerprint density at radius 2 is 1.90 bits per heavy atom. The van der Waals surface area contributed by atoms with Crippen molar-refractivity contribution in [2.45, 2.75) is 46.8 Å². The maximum Gasteiger partial charge on any atom is 0.251 e. The van der Waals surface area contributed by atoms with Crippen LogP contribution in [0.1, 0.15) is 45.0 Å². The number of carbonyl (C=O) groups excluding carboxylic acids is 2. The van der Waals surface area contributed by atoms with Crippen LogP contribution in [0, 0.1) is 11.8 Å². The molecular weight excluding hydrogens is 382 g/mol. The van der Waals surface area contributed by atoms with E-state index in [4.69, 9.17) is 9.47 Å². The van der Waals surface area contributed by atoms with Gasteiger partial charge in [-0.15, -0.1) is 0 Å². The van der Waals surface area contributed by atoms with Crippen LogP contribution in [0.2, 0.25) is 0 Å². The molecule has 1 heterocycles. The Balaban J connectivity index is 1.88. The van der Waals surface area contributed by atoms with Gasteiger partial charge in [0.2, 0.25) is 5.91 Å². The highest BCUT2D eigenvalue weighted by atomic mass is 16.5. The standard InChI is InChI=1S/C23H37N3O4/c1-6-29-19-9-7-18(8-10-19)22(27)25-21(17(4)5)23(28)24-13-20-15-26(11-12-30-20)14-16(2)3/h7-10,16-17,20-21H,6,11-15H2,1-5H3,(H,24,28)(H,25,27)/t20-,21+/m1/s1. The molecule has 0 bridgehead atoms. The number of hydrogen-bond donors (Lipinski definition) is 2. The van der Waals surface area contributed by atoms with Crippen LogP contribution >= 0.6 is 0 Å². The molecule has 30 heavy (non-hydrogen) atoms. The molecule has 1 aromatic rings. The average molecular weight is 420 g/mol. The molecule has 2 atom stereocenters. The molecule has 1 aliphatic rings. The summed E-state index contributed by atoms with van der Waals surface area (Å²) in [6.45, 7) is 14.6. The first-order chi connectivity index (χ1) is 14.3. The van der Waals surface area contributed by atoms with Crippen molar-refractivity contribution in [3.8, 4) is 5.75 Å². The number of carbonyl (C=O) groups is 2. The Morgan fingerprint density at radius 3 is 2.50 bits per heavy atom. The van der Waals surface area contributed by atoms with E-state index in [0.29, 0.717) is 37.0 Å². The van der Waals surface area contributed by atoms with Gasteiger partial charge < -0.3 is 20.1 Å². The van der Waals surface area contributed by atoms with E-state index >= 15 is 0 Å². The van der Waals surface area contributed by atoms with Crippen LogP contribution in [0.4, 0.5) is 0 Å². The quantitative estimate of drug-likeness (QED) is 0.608. The van der Waals surface area contributed by atoms with E-state index < -0.39 is 6.04 Å². The first-order valence-electron chi connectivity index (χ1n) is 11.0. The summed E-state index contributed by atoms with van der Waals surface area (Å²) in [5.74, 6) is 0.812. The molecule has 7 nitrogen and oxygen atoms in total. The summed E-state index contributed by atoms with van der Waals surface area (Å²) < 4.78 is 11.2. The summed E-state index contributed by atoms with van der Waals surface area (Å²) in [7, 11) is 0. The minimum Gasteiger partial charge on any atom is -0.494 e. The van der Waals surface area contributed by atoms with Gasteiger partial charge in [0, 0.05) is 31.7 Å². The molecule has 168 valence electrons. The average Bonchev–Trinajstić information content (AvgIpc) is 2.70. The van der Waals surface area contributed by atoms with Gasteiger partial charge in [-0.25, -0.2) is 0 Å². The molecule has 1 fully saturated rings. The molecule has 7 heteroatoms. The number of hydrogen-bond acceptors (Lipinski definition) is 5. The van der Waals surface area contributed by atoms with E-state index in [2.05, 4.69) is 29.4 Å². The molecule has 2 amide bonds. The van der Waals surface area contributed by atoms with Crippen LogP contribution in [-0.4, -0.2) is 68.3 Å². The van der Waals surface area contributed by atoms with Crippen molar-refractivity contribution in [3.63, 3.8) is 0 Å². The number of morpholine rings is 1. The number of ether oxygens (including phenoxy) is 2. The largest absolute Gasteiger partial charge is 0.494 e. The van der Waals surface area contributed by atoms with Crippen LogP contribution in [0.15, 0.2) is 24.3 Å². The predicted octanol–water partition coefficient (Wildman–Crippen LogP) is 2.31. The molecule has 1 aromatic carbocycles. The van der Waals surface area contributed by atoms with Crippen LogP contribution in [-0.2, 0) is 9.53 Å². The molecule has 2 N–H and O–H groups in total. The zero-order valence-corrected chi connectivity index (χ0v) is 18.9. The Bertz CT molecular complexity index is 676. The highest BCUT2D eigenvalue weighted by Crippen LogP contribution is 2.13. The highest BCUT2D eigenvalue weighted by Gasteiger charge is 2.27. The molecule has 0 radical (unpaired) electrons. The lowest BCUT2D eigenvalue weighted by Crippen LogP contribution is -2.53. The van der Waals surface area contributed by atoms with Crippen molar-refractivity contribution in [2.24, 2.45) is 11.8 Å². The summed E-state index contributed by atoms with van der Waals surface area (Å²) in [6, 6.07) is 6.31. The minimum absolute atomic E-state index is 0.0314. The topological polar surface area (TPSA) is 79.9 Å². The summed E-state index contributed by atoms with van der Waals surface area (Å²) in [5.41, 5.74) is 0.497. The second-order valence-corrected chi connectivity index (χ2v) is 8.54. The number of rotatable bonds is 10. The molecule has 0 unspecified atom stereocenters. The van der Waals surface area contributed by atoms with E-state index in [1.807, 2.05) is 20.8 Å². The van der Waals surface area contributed by atoms with Gasteiger partial charge in [0.25, 0.3) is 5.91 Å². The molecule has 2 rings (SSSR count). The molecule has 0 aromatic heterocycles. The maximum atomic E-state index is 12.8. The molecule has 1 aliphatic heterocycles. The van der Waals surface area contributed by atoms with Crippen molar-refractivity contribution in [1.29, 1.82) is 0 Å². The van der Waals surface area contributed by atoms with Crippen LogP contribution in [0.3, 0.4) is 0 Å². The minimum atomic E-state index is -0.612. The monoisotopic (exact) mass is 419 g/mol. The summed E-state index contributed by atoms with van der Waals surface area (Å²) in [5, 5.41) is 5.83. The van der Waals surface area contributed by atoms with Gasteiger partial charge in [-0.05, 0) is 43.0 Å². The lowest BCUT2D eigenvalue weighted by atomic mass is 10.0. The molecule has 0 aliphatic carbocycles. The Kier molecular flexibility index (Phi) is 9.59. The summed E-state index contributed by atoms with van der Waals surface area (Å²) in [4.78, 5) is 27.8. The smallest absolute Gasteiger partial charge is 0.251 e. The van der Waals surface area contributed by atoms with Crippen LogP contribution in [0.25, 0.3) is 0 Å². The first kappa shape index (κ1) is 24.2. The third-order valence-electron chi connectivity index (χ3n) is 5.01. The fourth-order valence-corrected chi connectivity index (χ4v) is 3.54. The second kappa shape index (κ2) is 11.9. The Morgan fingerprint density at radius 1 is 1.20 bits per heavy atom. The van der Waals surface area contributed by atoms with Gasteiger partial charge in [0.15, 0.2) is 0 Å². The summed E-state index contributed by atoms with van der Waals surface area (Å²) in [6.07, 6.45) is -0.0314. The molecule has 0 saturated carbocycles. The van der Waals surface area contributed by atoms with Crippen molar-refractivity contribution in [3.05, 3.63) is 29.8 Å². The highest BCUT2D eigenvalue weighted by molar-refractivity contribution is 5.97. The third kappa shape index (κ3) is 7.61. The Labute approximate surface area is 180 Å². The van der Waals surface area contributed by atoms with E-state index in [9.17, 15) is 9.59 Å². The lowest BCUT2D eigenvalue weighted by molar-refractivity contribution is -0.125. The van der Waals surface area contributed by atoms with E-state index in [1.54, 1.807) is 24.3 Å². The van der Waals surface area contributed by atoms with Gasteiger partial charge in [0.05, 0.1) is 19.3 Å². The first-order valence-corrected chi connectivity index (χ1v) is 11.0. The van der Waals surface area contributed by atoms with Crippen molar-refractivity contribution in [1.82, 2.24) is 15.5 Å². The second-order valence-electron chi connectivity index (χ2n) is 8.54. The maximum absolute atomic E-state index is 12.8. The third-order valence-corrected chi connectivity index (χ3v) is 5.01. The van der Waals surface area contributed by atoms with E-state index in [1.165, 1.54) is 0 Å². The molecular formula is C23H37N3O4. The van der Waals surface area contributed by atoms with Gasteiger partial charge >= 0.3 is 0 Å². The van der Waals surface area contributed by atoms with E-state index in [0.717, 1.165) is 19.6 Å². The normalized spacial score (nSPS) is 18.3.